The molecule has 42 valence electrons. The summed E-state index contributed by atoms with van der Waals surface area (Å²) in [6, 6.07) is 0. The summed E-state index contributed by atoms with van der Waals surface area (Å²) in [7, 11) is 0. The molecule has 0 spiro atoms. The highest BCUT2D eigenvalue weighted by Crippen LogP contribution is 2.05. The maximum absolute atomic E-state index is 9.34. The maximum atomic E-state index is 9.34. The lowest BCUT2D eigenvalue weighted by molar-refractivity contribution is 0.898. The Labute approximate surface area is 51.8 Å². The second kappa shape index (κ2) is 4.34. The number of nitrogens with zero attached hydrogens (tertiary/aromatic N) is 1. The van der Waals surface area contributed by atoms with Gasteiger partial charge in [-0.3, -0.25) is 0 Å². The van der Waals surface area contributed by atoms with Crippen molar-refractivity contribution in [1.82, 2.24) is 0 Å². The van der Waals surface area contributed by atoms with Crippen molar-refractivity contribution in [3.63, 3.8) is 0 Å². The van der Waals surface area contributed by atoms with Crippen LogP contribution in [0.4, 0.5) is 0 Å². The molecule has 0 aliphatic rings. The Morgan fingerprint density at radius 2 is 2.14 bits per heavy atom. The summed E-state index contributed by atoms with van der Waals surface area (Å²) in [5.74, 6) is 0. The molecule has 0 aromatic carbocycles. The van der Waals surface area contributed by atoms with E-state index < -0.39 is 4.84 Å². The second-order valence-electron chi connectivity index (χ2n) is 1.03. The topological polar surface area (TPSA) is 29.4 Å². The Morgan fingerprint density at radius 3 is 2.29 bits per heavy atom. The molecule has 0 bridgehead atoms. The van der Waals surface area contributed by atoms with Crippen molar-refractivity contribution >= 4 is 23.2 Å². The first-order valence-electron chi connectivity index (χ1n) is 1.84. The summed E-state index contributed by atoms with van der Waals surface area (Å²) in [5.41, 5.74) is 0. The highest BCUT2D eigenvalue weighted by Gasteiger charge is 1.94. The van der Waals surface area contributed by atoms with Crippen molar-refractivity contribution in [3.8, 4) is 0 Å². The Hall–Kier alpha value is 0.180. The molecule has 0 aromatic heterocycles. The molecule has 0 unspecified atom stereocenters. The van der Waals surface area contributed by atoms with E-state index in [9.17, 15) is 4.91 Å². The monoisotopic (exact) mass is 141 g/mol. The van der Waals surface area contributed by atoms with E-state index in [1.807, 2.05) is 0 Å². The van der Waals surface area contributed by atoms with Gasteiger partial charge < -0.3 is 0 Å². The van der Waals surface area contributed by atoms with E-state index >= 15 is 0 Å². The first-order chi connectivity index (χ1) is 3.27. The number of halogens is 2. The SMILES string of the molecule is O=NCCC(Cl)Cl. The number of rotatable bonds is 3. The zero-order valence-electron chi connectivity index (χ0n) is 3.60. The summed E-state index contributed by atoms with van der Waals surface area (Å²) in [6.07, 6.45) is 0.451. The predicted octanol–water partition coefficient (Wildman–Crippen LogP) is 1.95. The molecule has 0 fully saturated rings. The van der Waals surface area contributed by atoms with E-state index in [0.29, 0.717) is 6.42 Å². The summed E-state index contributed by atoms with van der Waals surface area (Å²) < 4.78 is 0. The highest BCUT2D eigenvalue weighted by molar-refractivity contribution is 6.44. The molecule has 0 heterocycles. The molecule has 4 heteroatoms. The zero-order valence-corrected chi connectivity index (χ0v) is 5.11. The van der Waals surface area contributed by atoms with Crippen LogP contribution in [0.3, 0.4) is 0 Å². The highest BCUT2D eigenvalue weighted by atomic mass is 35.5. The minimum absolute atomic E-state index is 0.206. The van der Waals surface area contributed by atoms with Gasteiger partial charge in [0.2, 0.25) is 0 Å². The largest absolute Gasteiger partial charge is 0.151 e. The summed E-state index contributed by atoms with van der Waals surface area (Å²) in [4.78, 5) is 8.90. The van der Waals surface area contributed by atoms with Crippen LogP contribution in [0.25, 0.3) is 0 Å². The Kier molecular flexibility index (Phi) is 4.45. The van der Waals surface area contributed by atoms with Crippen LogP contribution in [0.5, 0.6) is 0 Å². The summed E-state index contributed by atoms with van der Waals surface area (Å²) >= 11 is 10.4. The molecule has 2 nitrogen and oxygen atoms in total. The van der Waals surface area contributed by atoms with Crippen LogP contribution in [0.15, 0.2) is 5.18 Å². The van der Waals surface area contributed by atoms with E-state index in [-0.39, 0.29) is 6.54 Å². The van der Waals surface area contributed by atoms with Crippen LogP contribution < -0.4 is 0 Å². The molecule has 0 atom stereocenters. The van der Waals surface area contributed by atoms with Crippen LogP contribution in [0.2, 0.25) is 0 Å². The van der Waals surface area contributed by atoms with Gasteiger partial charge in [0, 0.05) is 6.42 Å². The molecule has 0 radical (unpaired) electrons. The van der Waals surface area contributed by atoms with Gasteiger partial charge in [0.05, 0.1) is 6.54 Å². The first kappa shape index (κ1) is 7.18. The molecule has 0 amide bonds. The van der Waals surface area contributed by atoms with Gasteiger partial charge in [0.15, 0.2) is 0 Å². The van der Waals surface area contributed by atoms with Gasteiger partial charge >= 0.3 is 0 Å². The van der Waals surface area contributed by atoms with Gasteiger partial charge in [-0.2, -0.15) is 4.91 Å². The minimum atomic E-state index is -0.447. The summed E-state index contributed by atoms with van der Waals surface area (Å²) in [5, 5.41) is 2.56. The van der Waals surface area contributed by atoms with Crippen molar-refractivity contribution in [1.29, 1.82) is 0 Å². The van der Waals surface area contributed by atoms with Crippen molar-refractivity contribution < 1.29 is 0 Å². The van der Waals surface area contributed by atoms with Gasteiger partial charge in [-0.25, -0.2) is 0 Å². The minimum Gasteiger partial charge on any atom is -0.151 e. The number of nitroso groups, excluding NO2 is 1. The van der Waals surface area contributed by atoms with Crippen LogP contribution in [0, 0.1) is 4.91 Å². The van der Waals surface area contributed by atoms with Crippen LogP contribution >= 0.6 is 23.2 Å². The normalized spacial score (nSPS) is 9.57. The molecule has 0 aromatic rings. The average molecular weight is 142 g/mol. The van der Waals surface area contributed by atoms with Crippen LogP contribution in [-0.2, 0) is 0 Å². The average Bonchev–Trinajstić information content (AvgIpc) is 1.61. The molecule has 0 saturated carbocycles. The third kappa shape index (κ3) is 6.18. The lowest BCUT2D eigenvalue weighted by atomic mass is 10.5. The maximum Gasteiger partial charge on any atom is 0.109 e. The molecule has 0 aliphatic heterocycles. The Morgan fingerprint density at radius 1 is 1.57 bits per heavy atom. The molecular formula is C3H5Cl2NO. The molecular weight excluding hydrogens is 137 g/mol. The third-order valence-electron chi connectivity index (χ3n) is 0.439. The quantitative estimate of drug-likeness (QED) is 0.437. The van der Waals surface area contributed by atoms with Gasteiger partial charge in [-0.15, -0.1) is 23.2 Å². The fourth-order valence-electron chi connectivity index (χ4n) is 0.150. The fourth-order valence-corrected chi connectivity index (χ4v) is 0.345. The predicted molar refractivity (Wildman–Crippen MR) is 30.8 cm³/mol. The third-order valence-corrected chi connectivity index (χ3v) is 0.875. The van der Waals surface area contributed by atoms with E-state index in [1.54, 1.807) is 0 Å². The van der Waals surface area contributed by atoms with E-state index in [0.717, 1.165) is 0 Å². The van der Waals surface area contributed by atoms with Gasteiger partial charge in [-0.05, 0) is 0 Å². The van der Waals surface area contributed by atoms with Crippen LogP contribution in [-0.4, -0.2) is 11.4 Å². The van der Waals surface area contributed by atoms with E-state index in [1.165, 1.54) is 0 Å². The second-order valence-corrected chi connectivity index (χ2v) is 2.31. The van der Waals surface area contributed by atoms with Crippen molar-refractivity contribution in [2.45, 2.75) is 11.3 Å². The standard InChI is InChI=1S/C3H5Cl2NO/c4-3(5)1-2-6-7/h3H,1-2H2. The van der Waals surface area contributed by atoms with E-state index in [2.05, 4.69) is 5.18 Å². The molecule has 0 N–H and O–H groups in total. The Balaban J connectivity index is 2.81. The van der Waals surface area contributed by atoms with Crippen molar-refractivity contribution in [3.05, 3.63) is 4.91 Å². The number of hydrogen-bond acceptors (Lipinski definition) is 2. The van der Waals surface area contributed by atoms with Gasteiger partial charge in [0.25, 0.3) is 0 Å². The number of hydrogen-bond donors (Lipinski definition) is 0. The van der Waals surface area contributed by atoms with Crippen molar-refractivity contribution in [2.75, 3.05) is 6.54 Å². The lowest BCUT2D eigenvalue weighted by Gasteiger charge is -1.89. The molecule has 7 heavy (non-hydrogen) atoms. The smallest absolute Gasteiger partial charge is 0.109 e. The lowest BCUT2D eigenvalue weighted by Crippen LogP contribution is -1.87. The van der Waals surface area contributed by atoms with Crippen molar-refractivity contribution in [2.24, 2.45) is 5.18 Å². The number of alkyl halides is 2. The van der Waals surface area contributed by atoms with E-state index in [4.69, 9.17) is 23.2 Å². The molecule has 0 rings (SSSR count). The summed E-state index contributed by atoms with van der Waals surface area (Å²) in [6.45, 7) is 0.206. The van der Waals surface area contributed by atoms with Gasteiger partial charge in [0.1, 0.15) is 4.84 Å². The molecule has 0 aliphatic carbocycles. The Bertz CT molecular complexity index is 56.9. The zero-order chi connectivity index (χ0) is 5.70. The van der Waals surface area contributed by atoms with Crippen LogP contribution in [0.1, 0.15) is 6.42 Å². The first-order valence-corrected chi connectivity index (χ1v) is 2.72. The molecule has 0 saturated heterocycles. The van der Waals surface area contributed by atoms with Gasteiger partial charge in [-0.1, -0.05) is 5.18 Å². The fraction of sp³-hybridized carbons (Fsp3) is 1.00.